The number of hydrogen-bond acceptors (Lipinski definition) is 5. The van der Waals surface area contributed by atoms with Crippen molar-refractivity contribution in [2.45, 2.75) is 32.8 Å². The fourth-order valence-electron chi connectivity index (χ4n) is 1.51. The molecule has 1 atom stereocenters. The van der Waals surface area contributed by atoms with Gasteiger partial charge in [0.1, 0.15) is 6.10 Å². The third-order valence-corrected chi connectivity index (χ3v) is 2.32. The summed E-state index contributed by atoms with van der Waals surface area (Å²) in [6.45, 7) is 5.90. The third kappa shape index (κ3) is 2.68. The van der Waals surface area contributed by atoms with Gasteiger partial charge in [0.25, 0.3) is 0 Å². The molecule has 1 aromatic rings. The number of hydrogen-bond donors (Lipinski definition) is 1. The van der Waals surface area contributed by atoms with E-state index in [2.05, 4.69) is 29.3 Å². The Kier molecular flexibility index (Phi) is 3.20. The van der Waals surface area contributed by atoms with Gasteiger partial charge in [0, 0.05) is 13.2 Å². The molecule has 1 N–H and O–H groups in total. The predicted molar refractivity (Wildman–Crippen MR) is 55.6 cm³/mol. The van der Waals surface area contributed by atoms with Crippen LogP contribution in [0.2, 0.25) is 0 Å². The van der Waals surface area contributed by atoms with Crippen LogP contribution in [0, 0.1) is 5.92 Å². The van der Waals surface area contributed by atoms with Gasteiger partial charge in [0.2, 0.25) is 5.82 Å². The number of aromatic nitrogens is 2. The van der Waals surface area contributed by atoms with Crippen molar-refractivity contribution in [2.75, 3.05) is 18.5 Å². The van der Waals surface area contributed by atoms with Crippen molar-refractivity contribution in [3.63, 3.8) is 0 Å². The van der Waals surface area contributed by atoms with Gasteiger partial charge in [-0.2, -0.15) is 4.98 Å². The molecule has 1 fully saturated rings. The van der Waals surface area contributed by atoms with Crippen LogP contribution < -0.4 is 5.32 Å². The molecule has 1 unspecified atom stereocenters. The average Bonchev–Trinajstić information content (AvgIpc) is 2.85. The summed E-state index contributed by atoms with van der Waals surface area (Å²) in [5.41, 5.74) is 0. The fraction of sp³-hybridized carbons (Fsp3) is 0.800. The molecule has 0 bridgehead atoms. The number of rotatable bonds is 4. The third-order valence-electron chi connectivity index (χ3n) is 2.32. The summed E-state index contributed by atoms with van der Waals surface area (Å²) in [6, 6.07) is 0.495. The summed E-state index contributed by atoms with van der Waals surface area (Å²) in [6.07, 6.45) is 2.10. The van der Waals surface area contributed by atoms with Gasteiger partial charge in [-0.3, -0.25) is 0 Å². The van der Waals surface area contributed by atoms with Crippen molar-refractivity contribution in [2.24, 2.45) is 5.92 Å². The van der Waals surface area contributed by atoms with Gasteiger partial charge in [0.15, 0.2) is 0 Å². The number of nitrogens with one attached hydrogen (secondary N) is 1. The SMILES string of the molecule is CC(C)CNc1nc(C2CCCO2)no1. The Hall–Kier alpha value is -1.10. The molecule has 2 rings (SSSR count). The molecule has 0 aliphatic carbocycles. The van der Waals surface area contributed by atoms with Gasteiger partial charge in [0.05, 0.1) is 0 Å². The molecule has 0 spiro atoms. The maximum Gasteiger partial charge on any atom is 0.321 e. The van der Waals surface area contributed by atoms with E-state index >= 15 is 0 Å². The molecule has 84 valence electrons. The molecule has 15 heavy (non-hydrogen) atoms. The van der Waals surface area contributed by atoms with Crippen LogP contribution in [0.4, 0.5) is 6.01 Å². The van der Waals surface area contributed by atoms with E-state index in [1.807, 2.05) is 0 Å². The minimum Gasteiger partial charge on any atom is -0.370 e. The first-order chi connectivity index (χ1) is 7.25. The number of anilines is 1. The lowest BCUT2D eigenvalue weighted by Gasteiger charge is -2.03. The van der Waals surface area contributed by atoms with Crippen LogP contribution in [-0.2, 0) is 4.74 Å². The highest BCUT2D eigenvalue weighted by Gasteiger charge is 2.22. The Bertz CT molecular complexity index is 305. The molecule has 0 saturated carbocycles. The number of ether oxygens (including phenoxy) is 1. The van der Waals surface area contributed by atoms with Crippen molar-refractivity contribution in [3.05, 3.63) is 5.82 Å². The summed E-state index contributed by atoms with van der Waals surface area (Å²) in [5, 5.41) is 6.99. The van der Waals surface area contributed by atoms with Gasteiger partial charge in [-0.1, -0.05) is 19.0 Å². The smallest absolute Gasteiger partial charge is 0.321 e. The molecule has 5 heteroatoms. The standard InChI is InChI=1S/C10H17N3O2/c1-7(2)6-11-10-12-9(13-15-10)8-4-3-5-14-8/h7-8H,3-6H2,1-2H3,(H,11,12,13). The van der Waals surface area contributed by atoms with Gasteiger partial charge in [-0.05, 0) is 18.8 Å². The van der Waals surface area contributed by atoms with Crippen molar-refractivity contribution in [3.8, 4) is 0 Å². The van der Waals surface area contributed by atoms with Crippen molar-refractivity contribution >= 4 is 6.01 Å². The zero-order chi connectivity index (χ0) is 10.7. The quantitative estimate of drug-likeness (QED) is 0.825. The van der Waals surface area contributed by atoms with Crippen LogP contribution >= 0.6 is 0 Å². The van der Waals surface area contributed by atoms with Crippen LogP contribution in [0.15, 0.2) is 4.52 Å². The van der Waals surface area contributed by atoms with Gasteiger partial charge < -0.3 is 14.6 Å². The van der Waals surface area contributed by atoms with Crippen LogP contribution in [0.5, 0.6) is 0 Å². The first-order valence-electron chi connectivity index (χ1n) is 5.45. The van der Waals surface area contributed by atoms with Crippen LogP contribution in [0.3, 0.4) is 0 Å². The zero-order valence-electron chi connectivity index (χ0n) is 9.19. The highest BCUT2D eigenvalue weighted by atomic mass is 16.5. The lowest BCUT2D eigenvalue weighted by atomic mass is 10.2. The number of nitrogens with zero attached hydrogens (tertiary/aromatic N) is 2. The fourth-order valence-corrected chi connectivity index (χ4v) is 1.51. The molecule has 5 nitrogen and oxygen atoms in total. The first-order valence-corrected chi connectivity index (χ1v) is 5.45. The van der Waals surface area contributed by atoms with Gasteiger partial charge >= 0.3 is 6.01 Å². The summed E-state index contributed by atoms with van der Waals surface area (Å²) >= 11 is 0. The predicted octanol–water partition coefficient (Wildman–Crippen LogP) is 1.99. The van der Waals surface area contributed by atoms with E-state index in [0.717, 1.165) is 26.0 Å². The molecule has 1 aliphatic heterocycles. The lowest BCUT2D eigenvalue weighted by molar-refractivity contribution is 0.103. The lowest BCUT2D eigenvalue weighted by Crippen LogP contribution is -2.08. The molecule has 1 aliphatic rings. The van der Waals surface area contributed by atoms with Crippen LogP contribution in [0.25, 0.3) is 0 Å². The maximum atomic E-state index is 5.47. The van der Waals surface area contributed by atoms with Gasteiger partial charge in [-0.25, -0.2) is 0 Å². The zero-order valence-corrected chi connectivity index (χ0v) is 9.19. The van der Waals surface area contributed by atoms with E-state index < -0.39 is 0 Å². The Balaban J connectivity index is 1.91. The summed E-state index contributed by atoms with van der Waals surface area (Å²) in [4.78, 5) is 4.25. The highest BCUT2D eigenvalue weighted by molar-refractivity contribution is 5.18. The summed E-state index contributed by atoms with van der Waals surface area (Å²) in [5.74, 6) is 1.22. The molecule has 1 saturated heterocycles. The second kappa shape index (κ2) is 4.61. The van der Waals surface area contributed by atoms with E-state index in [4.69, 9.17) is 9.26 Å². The average molecular weight is 211 g/mol. The maximum absolute atomic E-state index is 5.47. The van der Waals surface area contributed by atoms with E-state index in [1.165, 1.54) is 0 Å². The first kappa shape index (κ1) is 10.4. The van der Waals surface area contributed by atoms with Crippen molar-refractivity contribution in [1.29, 1.82) is 0 Å². The van der Waals surface area contributed by atoms with E-state index in [0.29, 0.717) is 17.8 Å². The van der Waals surface area contributed by atoms with Crippen molar-refractivity contribution in [1.82, 2.24) is 10.1 Å². The topological polar surface area (TPSA) is 60.2 Å². The largest absolute Gasteiger partial charge is 0.370 e. The Labute approximate surface area is 89.2 Å². The highest BCUT2D eigenvalue weighted by Crippen LogP contribution is 2.26. The minimum absolute atomic E-state index is 0.0309. The van der Waals surface area contributed by atoms with Crippen molar-refractivity contribution < 1.29 is 9.26 Å². The molecule has 2 heterocycles. The van der Waals surface area contributed by atoms with Gasteiger partial charge in [-0.15, -0.1) is 0 Å². The molecule has 0 amide bonds. The van der Waals surface area contributed by atoms with E-state index in [1.54, 1.807) is 0 Å². The van der Waals surface area contributed by atoms with Crippen LogP contribution in [0.1, 0.15) is 38.6 Å². The van der Waals surface area contributed by atoms with E-state index in [-0.39, 0.29) is 6.10 Å². The monoisotopic (exact) mass is 211 g/mol. The molecule has 0 aromatic carbocycles. The molecule has 1 aromatic heterocycles. The molecular formula is C10H17N3O2. The van der Waals surface area contributed by atoms with Crippen LogP contribution in [-0.4, -0.2) is 23.3 Å². The summed E-state index contributed by atoms with van der Waals surface area (Å²) < 4.78 is 10.5. The Morgan fingerprint density at radius 2 is 2.40 bits per heavy atom. The second-order valence-electron chi connectivity index (χ2n) is 4.23. The van der Waals surface area contributed by atoms with E-state index in [9.17, 15) is 0 Å². The molecule has 0 radical (unpaired) electrons. The Morgan fingerprint density at radius 1 is 1.53 bits per heavy atom. The normalized spacial score (nSPS) is 21.1. The Morgan fingerprint density at radius 3 is 3.07 bits per heavy atom. The second-order valence-corrected chi connectivity index (χ2v) is 4.23. The summed E-state index contributed by atoms with van der Waals surface area (Å²) in [7, 11) is 0. The minimum atomic E-state index is 0.0309. The molecular weight excluding hydrogens is 194 g/mol.